The van der Waals surface area contributed by atoms with Gasteiger partial charge in [0.05, 0.1) is 17.1 Å². The van der Waals surface area contributed by atoms with Crippen LogP contribution in [0.3, 0.4) is 0 Å². The molecule has 1 aliphatic rings. The Kier molecular flexibility index (Phi) is 6.74. The molecule has 2 atom stereocenters. The number of ether oxygens (including phenoxy) is 1. The summed E-state index contributed by atoms with van der Waals surface area (Å²) in [5, 5.41) is 3.50. The Morgan fingerprint density at radius 3 is 2.48 bits per heavy atom. The van der Waals surface area contributed by atoms with Crippen LogP contribution >= 0.6 is 11.3 Å². The highest BCUT2D eigenvalue weighted by Crippen LogP contribution is 2.34. The third-order valence-electron chi connectivity index (χ3n) is 5.75. The molecule has 0 bridgehead atoms. The second-order valence-electron chi connectivity index (χ2n) is 8.51. The highest BCUT2D eigenvalue weighted by Gasteiger charge is 2.33. The standard InChI is InChI=1S/C24H26F3N3O2S/c1-14-11-30(12-15(2)32-14)13-18-7-5-4-6-17(18)10-28-22(31)21-16(3)19-8-9-20(24(25,26)27)29-23(19)33-21/h4-9,14-15H,10-13H2,1-3H3,(H,28,31). The largest absolute Gasteiger partial charge is 0.433 e. The average Bonchev–Trinajstić information content (AvgIpc) is 3.08. The van der Waals surface area contributed by atoms with Crippen LogP contribution in [0.2, 0.25) is 0 Å². The molecule has 1 aliphatic heterocycles. The zero-order chi connectivity index (χ0) is 23.8. The van der Waals surface area contributed by atoms with Gasteiger partial charge in [-0.25, -0.2) is 4.98 Å². The number of rotatable bonds is 5. The number of halogens is 3. The van der Waals surface area contributed by atoms with Crippen molar-refractivity contribution in [2.24, 2.45) is 0 Å². The molecule has 1 saturated heterocycles. The Hall–Kier alpha value is -2.49. The molecule has 0 radical (unpaired) electrons. The van der Waals surface area contributed by atoms with E-state index in [1.165, 1.54) is 6.07 Å². The third kappa shape index (κ3) is 5.37. The van der Waals surface area contributed by atoms with Crippen LogP contribution < -0.4 is 5.32 Å². The Balaban J connectivity index is 1.48. The van der Waals surface area contributed by atoms with Gasteiger partial charge in [0, 0.05) is 31.6 Å². The van der Waals surface area contributed by atoms with Crippen molar-refractivity contribution in [3.05, 3.63) is 63.7 Å². The minimum absolute atomic E-state index is 0.169. The average molecular weight is 478 g/mol. The van der Waals surface area contributed by atoms with E-state index in [1.54, 1.807) is 6.92 Å². The molecule has 2 aromatic heterocycles. The lowest BCUT2D eigenvalue weighted by Crippen LogP contribution is -2.45. The maximum absolute atomic E-state index is 13.0. The number of aromatic nitrogens is 1. The Morgan fingerprint density at radius 2 is 1.82 bits per heavy atom. The maximum atomic E-state index is 13.0. The number of pyridine rings is 1. The number of morpholine rings is 1. The summed E-state index contributed by atoms with van der Waals surface area (Å²) in [6.45, 7) is 8.65. The first-order chi connectivity index (χ1) is 15.6. The minimum atomic E-state index is -4.52. The van der Waals surface area contributed by atoms with Gasteiger partial charge in [0.1, 0.15) is 10.5 Å². The predicted octanol–water partition coefficient (Wildman–Crippen LogP) is 5.16. The van der Waals surface area contributed by atoms with Crippen molar-refractivity contribution in [3.8, 4) is 0 Å². The first kappa shape index (κ1) is 23.7. The summed E-state index contributed by atoms with van der Waals surface area (Å²) in [6, 6.07) is 10.3. The third-order valence-corrected chi connectivity index (χ3v) is 6.95. The first-order valence-electron chi connectivity index (χ1n) is 10.8. The Bertz CT molecular complexity index is 1150. The number of benzene rings is 1. The van der Waals surface area contributed by atoms with Crippen LogP contribution in [0.4, 0.5) is 13.2 Å². The van der Waals surface area contributed by atoms with Crippen LogP contribution in [0.25, 0.3) is 10.2 Å². The Morgan fingerprint density at radius 1 is 1.15 bits per heavy atom. The van der Waals surface area contributed by atoms with Gasteiger partial charge in [-0.1, -0.05) is 24.3 Å². The molecule has 0 spiro atoms. The number of fused-ring (bicyclic) bond motifs is 1. The molecule has 33 heavy (non-hydrogen) atoms. The number of hydrogen-bond acceptors (Lipinski definition) is 5. The molecule has 1 fully saturated rings. The van der Waals surface area contributed by atoms with Gasteiger partial charge in [-0.05, 0) is 49.6 Å². The molecule has 1 amide bonds. The number of carbonyl (C=O) groups is 1. The summed E-state index contributed by atoms with van der Waals surface area (Å²) in [6.07, 6.45) is -4.18. The van der Waals surface area contributed by atoms with Crippen molar-refractivity contribution in [3.63, 3.8) is 0 Å². The van der Waals surface area contributed by atoms with E-state index in [0.717, 1.165) is 48.2 Å². The van der Waals surface area contributed by atoms with Gasteiger partial charge in [0.15, 0.2) is 0 Å². The van der Waals surface area contributed by atoms with E-state index in [1.807, 2.05) is 18.2 Å². The lowest BCUT2D eigenvalue weighted by atomic mass is 10.1. The normalized spacial score (nSPS) is 19.7. The molecule has 4 rings (SSSR count). The number of carbonyl (C=O) groups excluding carboxylic acids is 1. The summed E-state index contributed by atoms with van der Waals surface area (Å²) in [5.41, 5.74) is 1.82. The minimum Gasteiger partial charge on any atom is -0.373 e. The quantitative estimate of drug-likeness (QED) is 0.551. The van der Waals surface area contributed by atoms with Crippen molar-refractivity contribution in [1.82, 2.24) is 15.2 Å². The lowest BCUT2D eigenvalue weighted by molar-refractivity contribution is -0.140. The highest BCUT2D eigenvalue weighted by atomic mass is 32.1. The molecule has 2 unspecified atom stereocenters. The van der Waals surface area contributed by atoms with Crippen LogP contribution in [0.5, 0.6) is 0 Å². The fraction of sp³-hybridized carbons (Fsp3) is 0.417. The number of aryl methyl sites for hydroxylation is 1. The van der Waals surface area contributed by atoms with Gasteiger partial charge in [-0.2, -0.15) is 13.2 Å². The Labute approximate surface area is 194 Å². The summed E-state index contributed by atoms with van der Waals surface area (Å²) in [4.78, 5) is 19.6. The molecule has 0 aliphatic carbocycles. The number of hydrogen-bond donors (Lipinski definition) is 1. The van der Waals surface area contributed by atoms with Crippen LogP contribution in [0.1, 0.15) is 45.9 Å². The number of alkyl halides is 3. The van der Waals surface area contributed by atoms with E-state index < -0.39 is 11.9 Å². The van der Waals surface area contributed by atoms with E-state index in [2.05, 4.69) is 35.1 Å². The second-order valence-corrected chi connectivity index (χ2v) is 9.51. The smallest absolute Gasteiger partial charge is 0.373 e. The van der Waals surface area contributed by atoms with Gasteiger partial charge in [0.25, 0.3) is 5.91 Å². The van der Waals surface area contributed by atoms with Crippen molar-refractivity contribution in [1.29, 1.82) is 0 Å². The van der Waals surface area contributed by atoms with Crippen LogP contribution in [0, 0.1) is 6.92 Å². The van der Waals surface area contributed by atoms with E-state index in [4.69, 9.17) is 4.74 Å². The summed E-state index contributed by atoms with van der Waals surface area (Å²) < 4.78 is 44.8. The molecular weight excluding hydrogens is 451 g/mol. The molecule has 0 saturated carbocycles. The maximum Gasteiger partial charge on any atom is 0.433 e. The van der Waals surface area contributed by atoms with E-state index in [0.29, 0.717) is 22.4 Å². The number of thiophene rings is 1. The molecule has 3 aromatic rings. The summed E-state index contributed by atoms with van der Waals surface area (Å²) in [7, 11) is 0. The monoisotopic (exact) mass is 477 g/mol. The van der Waals surface area contributed by atoms with E-state index in [9.17, 15) is 18.0 Å². The number of amides is 1. The summed E-state index contributed by atoms with van der Waals surface area (Å²) >= 11 is 0.985. The fourth-order valence-electron chi connectivity index (χ4n) is 4.27. The molecular formula is C24H26F3N3O2S. The van der Waals surface area contributed by atoms with Gasteiger partial charge >= 0.3 is 6.18 Å². The zero-order valence-electron chi connectivity index (χ0n) is 18.7. The molecule has 176 valence electrons. The lowest BCUT2D eigenvalue weighted by Gasteiger charge is -2.35. The topological polar surface area (TPSA) is 54.5 Å². The van der Waals surface area contributed by atoms with Crippen molar-refractivity contribution < 1.29 is 22.7 Å². The van der Waals surface area contributed by atoms with Crippen LogP contribution in [-0.2, 0) is 24.0 Å². The SMILES string of the molecule is Cc1c(C(=O)NCc2ccccc2CN2CC(C)OC(C)C2)sc2nc(C(F)(F)F)ccc12. The van der Waals surface area contributed by atoms with Crippen LogP contribution in [-0.4, -0.2) is 41.1 Å². The van der Waals surface area contributed by atoms with E-state index in [-0.39, 0.29) is 22.9 Å². The fourth-order valence-corrected chi connectivity index (χ4v) is 5.36. The van der Waals surface area contributed by atoms with Crippen molar-refractivity contribution in [2.45, 2.75) is 52.2 Å². The molecule has 1 N–H and O–H groups in total. The van der Waals surface area contributed by atoms with Crippen molar-refractivity contribution in [2.75, 3.05) is 13.1 Å². The van der Waals surface area contributed by atoms with Crippen molar-refractivity contribution >= 4 is 27.5 Å². The molecule has 5 nitrogen and oxygen atoms in total. The number of nitrogens with one attached hydrogen (secondary N) is 1. The number of nitrogens with zero attached hydrogens (tertiary/aromatic N) is 2. The zero-order valence-corrected chi connectivity index (χ0v) is 19.5. The molecule has 1 aromatic carbocycles. The second kappa shape index (κ2) is 9.40. The predicted molar refractivity (Wildman–Crippen MR) is 122 cm³/mol. The van der Waals surface area contributed by atoms with Crippen LogP contribution in [0.15, 0.2) is 36.4 Å². The van der Waals surface area contributed by atoms with Gasteiger partial charge < -0.3 is 10.1 Å². The van der Waals surface area contributed by atoms with Gasteiger partial charge in [-0.15, -0.1) is 11.3 Å². The first-order valence-corrected chi connectivity index (χ1v) is 11.6. The van der Waals surface area contributed by atoms with Gasteiger partial charge in [-0.3, -0.25) is 9.69 Å². The summed E-state index contributed by atoms with van der Waals surface area (Å²) in [5.74, 6) is -0.313. The highest BCUT2D eigenvalue weighted by molar-refractivity contribution is 7.20. The van der Waals surface area contributed by atoms with Gasteiger partial charge in [0.2, 0.25) is 0 Å². The molecule has 9 heteroatoms. The molecule has 3 heterocycles. The van der Waals surface area contributed by atoms with E-state index >= 15 is 0 Å².